The van der Waals surface area contributed by atoms with Crippen molar-refractivity contribution in [2.45, 2.75) is 0 Å². The van der Waals surface area contributed by atoms with Crippen LogP contribution in [0.4, 0.5) is 17.1 Å². The van der Waals surface area contributed by atoms with Gasteiger partial charge in [-0.2, -0.15) is 0 Å². The van der Waals surface area contributed by atoms with Gasteiger partial charge in [0.15, 0.2) is 0 Å². The number of nitrogens with zero attached hydrogens (tertiary/aromatic N) is 1. The number of furan rings is 1. The van der Waals surface area contributed by atoms with E-state index in [9.17, 15) is 0 Å². The Hall–Kier alpha value is -6.90. The van der Waals surface area contributed by atoms with Crippen LogP contribution in [0.25, 0.3) is 76.9 Å². The Labute approximate surface area is 302 Å². The number of hydrogen-bond donors (Lipinski definition) is 0. The third-order valence-corrected chi connectivity index (χ3v) is 10.3. The van der Waals surface area contributed by atoms with Crippen LogP contribution in [0.1, 0.15) is 0 Å². The van der Waals surface area contributed by atoms with Crippen molar-refractivity contribution in [3.05, 3.63) is 200 Å². The van der Waals surface area contributed by atoms with E-state index in [2.05, 4.69) is 205 Å². The highest BCUT2D eigenvalue weighted by atomic mass is 16.3. The minimum atomic E-state index is 0.902. The summed E-state index contributed by atoms with van der Waals surface area (Å²) in [6.07, 6.45) is 0. The standard InChI is InChI=1S/C50H33NO/c1-2-9-34(10-3-1)35-17-25-41(26-18-35)51(43-29-21-39(22-30-43)45-16-8-13-37-11-4-6-14-44(37)45)42-27-19-36(20-28-42)40-24-31-47-48-32-23-38-12-5-7-15-46(38)50(48)52-49(47)33-40/h1-33H. The topological polar surface area (TPSA) is 16.4 Å². The van der Waals surface area contributed by atoms with Crippen LogP contribution in [0.3, 0.4) is 0 Å². The molecular formula is C50H33NO. The van der Waals surface area contributed by atoms with Gasteiger partial charge in [-0.05, 0) is 104 Å². The molecule has 0 aliphatic rings. The minimum Gasteiger partial charge on any atom is -0.455 e. The molecule has 0 aliphatic carbocycles. The molecule has 0 spiro atoms. The maximum absolute atomic E-state index is 6.50. The Bertz CT molecular complexity index is 2860. The second kappa shape index (κ2) is 12.5. The van der Waals surface area contributed by atoms with Gasteiger partial charge in [-0.15, -0.1) is 0 Å². The van der Waals surface area contributed by atoms with Crippen LogP contribution in [0.2, 0.25) is 0 Å². The summed E-state index contributed by atoms with van der Waals surface area (Å²) in [6, 6.07) is 71.6. The highest BCUT2D eigenvalue weighted by molar-refractivity contribution is 6.15. The lowest BCUT2D eigenvalue weighted by molar-refractivity contribution is 0.673. The van der Waals surface area contributed by atoms with Gasteiger partial charge in [-0.25, -0.2) is 0 Å². The first-order valence-corrected chi connectivity index (χ1v) is 17.8. The molecule has 0 saturated heterocycles. The van der Waals surface area contributed by atoms with E-state index in [0.29, 0.717) is 0 Å². The molecule has 0 fully saturated rings. The zero-order valence-electron chi connectivity index (χ0n) is 28.4. The van der Waals surface area contributed by atoms with Crippen molar-refractivity contribution >= 4 is 60.5 Å². The summed E-state index contributed by atoms with van der Waals surface area (Å²) in [5, 5.41) is 7.12. The summed E-state index contributed by atoms with van der Waals surface area (Å²) in [7, 11) is 0. The van der Waals surface area contributed by atoms with Crippen LogP contribution in [0.5, 0.6) is 0 Å². The predicted octanol–water partition coefficient (Wildman–Crippen LogP) is 14.4. The average Bonchev–Trinajstić information content (AvgIpc) is 3.60. The third-order valence-electron chi connectivity index (χ3n) is 10.3. The zero-order valence-corrected chi connectivity index (χ0v) is 28.4. The molecule has 0 N–H and O–H groups in total. The summed E-state index contributed by atoms with van der Waals surface area (Å²) in [5.74, 6) is 0. The van der Waals surface area contributed by atoms with Gasteiger partial charge in [-0.3, -0.25) is 0 Å². The maximum atomic E-state index is 6.50. The molecule has 0 radical (unpaired) electrons. The molecule has 0 atom stereocenters. The minimum absolute atomic E-state index is 0.902. The Balaban J connectivity index is 1.03. The van der Waals surface area contributed by atoms with Crippen LogP contribution in [-0.4, -0.2) is 0 Å². The van der Waals surface area contributed by atoms with E-state index in [1.54, 1.807) is 0 Å². The molecule has 0 unspecified atom stereocenters. The number of anilines is 3. The Morgan fingerprint density at radius 3 is 1.50 bits per heavy atom. The number of fused-ring (bicyclic) bond motifs is 6. The molecule has 9 aromatic carbocycles. The second-order valence-corrected chi connectivity index (χ2v) is 13.3. The van der Waals surface area contributed by atoms with Gasteiger partial charge in [-0.1, -0.05) is 146 Å². The molecule has 2 heteroatoms. The van der Waals surface area contributed by atoms with E-state index in [0.717, 1.165) is 55.5 Å². The predicted molar refractivity (Wildman–Crippen MR) is 220 cm³/mol. The zero-order chi connectivity index (χ0) is 34.4. The molecule has 52 heavy (non-hydrogen) atoms. The molecule has 1 heterocycles. The van der Waals surface area contributed by atoms with Crippen molar-refractivity contribution < 1.29 is 4.42 Å². The van der Waals surface area contributed by atoms with Gasteiger partial charge in [0.05, 0.1) is 0 Å². The average molecular weight is 664 g/mol. The van der Waals surface area contributed by atoms with E-state index in [4.69, 9.17) is 4.42 Å². The molecule has 10 aromatic rings. The number of benzene rings is 9. The lowest BCUT2D eigenvalue weighted by atomic mass is 9.98. The van der Waals surface area contributed by atoms with Crippen LogP contribution in [0, 0.1) is 0 Å². The lowest BCUT2D eigenvalue weighted by Gasteiger charge is -2.26. The van der Waals surface area contributed by atoms with Crippen molar-refractivity contribution in [1.29, 1.82) is 0 Å². The van der Waals surface area contributed by atoms with Crippen molar-refractivity contribution in [2.24, 2.45) is 0 Å². The Morgan fingerprint density at radius 2 is 0.808 bits per heavy atom. The van der Waals surface area contributed by atoms with Gasteiger partial charge >= 0.3 is 0 Å². The highest BCUT2D eigenvalue weighted by Crippen LogP contribution is 2.40. The molecular weight excluding hydrogens is 631 g/mol. The quantitative estimate of drug-likeness (QED) is 0.176. The van der Waals surface area contributed by atoms with E-state index in [1.165, 1.54) is 38.4 Å². The van der Waals surface area contributed by atoms with Crippen molar-refractivity contribution in [3.63, 3.8) is 0 Å². The summed E-state index contributed by atoms with van der Waals surface area (Å²) in [6.45, 7) is 0. The summed E-state index contributed by atoms with van der Waals surface area (Å²) in [4.78, 5) is 2.33. The van der Waals surface area contributed by atoms with Gasteiger partial charge < -0.3 is 9.32 Å². The molecule has 0 aliphatic heterocycles. The maximum Gasteiger partial charge on any atom is 0.143 e. The molecule has 2 nitrogen and oxygen atoms in total. The Morgan fingerprint density at radius 1 is 0.308 bits per heavy atom. The summed E-state index contributed by atoms with van der Waals surface area (Å²) in [5.41, 5.74) is 12.2. The Kier molecular flexibility index (Phi) is 7.18. The van der Waals surface area contributed by atoms with Gasteiger partial charge in [0.25, 0.3) is 0 Å². The fraction of sp³-hybridized carbons (Fsp3) is 0. The highest BCUT2D eigenvalue weighted by Gasteiger charge is 2.16. The summed E-state index contributed by atoms with van der Waals surface area (Å²) >= 11 is 0. The molecule has 1 aromatic heterocycles. The second-order valence-electron chi connectivity index (χ2n) is 13.3. The van der Waals surface area contributed by atoms with Gasteiger partial charge in [0.2, 0.25) is 0 Å². The molecule has 0 amide bonds. The third kappa shape index (κ3) is 5.21. The van der Waals surface area contributed by atoms with Crippen LogP contribution in [-0.2, 0) is 0 Å². The van der Waals surface area contributed by atoms with E-state index in [1.807, 2.05) is 0 Å². The van der Waals surface area contributed by atoms with E-state index < -0.39 is 0 Å². The fourth-order valence-electron chi connectivity index (χ4n) is 7.63. The molecule has 0 bridgehead atoms. The van der Waals surface area contributed by atoms with E-state index in [-0.39, 0.29) is 0 Å². The first-order chi connectivity index (χ1) is 25.8. The molecule has 0 saturated carbocycles. The SMILES string of the molecule is c1ccc(-c2ccc(N(c3ccc(-c4ccc5c(c4)oc4c6ccccc6ccc54)cc3)c3ccc(-c4cccc5ccccc45)cc3)cc2)cc1. The first-order valence-electron chi connectivity index (χ1n) is 17.8. The molecule has 10 rings (SSSR count). The normalized spacial score (nSPS) is 11.5. The number of rotatable bonds is 6. The van der Waals surface area contributed by atoms with Crippen molar-refractivity contribution in [3.8, 4) is 33.4 Å². The smallest absolute Gasteiger partial charge is 0.143 e. The summed E-state index contributed by atoms with van der Waals surface area (Å²) < 4.78 is 6.50. The van der Waals surface area contributed by atoms with Crippen LogP contribution >= 0.6 is 0 Å². The van der Waals surface area contributed by atoms with Gasteiger partial charge in [0.1, 0.15) is 11.2 Å². The van der Waals surface area contributed by atoms with E-state index >= 15 is 0 Å². The lowest BCUT2D eigenvalue weighted by Crippen LogP contribution is -2.09. The molecule has 244 valence electrons. The number of hydrogen-bond acceptors (Lipinski definition) is 2. The largest absolute Gasteiger partial charge is 0.455 e. The first kappa shape index (κ1) is 30.0. The van der Waals surface area contributed by atoms with Crippen molar-refractivity contribution in [1.82, 2.24) is 0 Å². The fourth-order valence-corrected chi connectivity index (χ4v) is 7.63. The monoisotopic (exact) mass is 663 g/mol. The van der Waals surface area contributed by atoms with Crippen molar-refractivity contribution in [2.75, 3.05) is 4.90 Å². The van der Waals surface area contributed by atoms with Crippen LogP contribution < -0.4 is 4.90 Å². The van der Waals surface area contributed by atoms with Gasteiger partial charge in [0, 0.05) is 33.2 Å². The van der Waals surface area contributed by atoms with Crippen LogP contribution in [0.15, 0.2) is 205 Å².